The Morgan fingerprint density at radius 3 is 2.74 bits per heavy atom. The van der Waals surface area contributed by atoms with Gasteiger partial charge in [0, 0.05) is 0 Å². The van der Waals surface area contributed by atoms with Gasteiger partial charge in [-0.25, -0.2) is 5.84 Å². The number of carbonyl (C=O) groups is 1. The summed E-state index contributed by atoms with van der Waals surface area (Å²) in [5, 5.41) is 0. The largest absolute Gasteiger partial charge is 0.467 e. The van der Waals surface area contributed by atoms with Crippen molar-refractivity contribution in [2.75, 3.05) is 33.7 Å². The summed E-state index contributed by atoms with van der Waals surface area (Å²) >= 11 is 0. The SMILES string of the molecule is CCN(CCCN(C)C)Cc1occc1C(=O)NN. The number of nitrogens with one attached hydrogen (secondary N) is 1. The third kappa shape index (κ3) is 5.02. The summed E-state index contributed by atoms with van der Waals surface area (Å²) in [5.74, 6) is 5.50. The third-order valence-electron chi connectivity index (χ3n) is 3.02. The highest BCUT2D eigenvalue weighted by molar-refractivity contribution is 5.94. The molecule has 0 atom stereocenters. The number of hydrogen-bond acceptors (Lipinski definition) is 5. The quantitative estimate of drug-likeness (QED) is 0.411. The number of hydrazine groups is 1. The van der Waals surface area contributed by atoms with Crippen LogP contribution in [0, 0.1) is 0 Å². The molecule has 1 rings (SSSR count). The lowest BCUT2D eigenvalue weighted by molar-refractivity contribution is 0.0949. The zero-order chi connectivity index (χ0) is 14.3. The maximum Gasteiger partial charge on any atom is 0.268 e. The van der Waals surface area contributed by atoms with Gasteiger partial charge in [0.2, 0.25) is 0 Å². The summed E-state index contributed by atoms with van der Waals surface area (Å²) in [6.07, 6.45) is 2.60. The van der Waals surface area contributed by atoms with Crippen LogP contribution in [-0.2, 0) is 6.54 Å². The predicted molar refractivity (Wildman–Crippen MR) is 74.5 cm³/mol. The van der Waals surface area contributed by atoms with E-state index in [0.29, 0.717) is 17.9 Å². The summed E-state index contributed by atoms with van der Waals surface area (Å²) < 4.78 is 5.38. The molecule has 108 valence electrons. The minimum atomic E-state index is -0.312. The minimum absolute atomic E-state index is 0.312. The molecule has 0 unspecified atom stereocenters. The van der Waals surface area contributed by atoms with Crippen molar-refractivity contribution in [3.05, 3.63) is 23.7 Å². The normalized spacial score (nSPS) is 11.3. The highest BCUT2D eigenvalue weighted by atomic mass is 16.3. The minimum Gasteiger partial charge on any atom is -0.467 e. The highest BCUT2D eigenvalue weighted by Crippen LogP contribution is 2.13. The third-order valence-corrected chi connectivity index (χ3v) is 3.02. The van der Waals surface area contributed by atoms with Crippen LogP contribution in [0.3, 0.4) is 0 Å². The molecule has 0 radical (unpaired) electrons. The fraction of sp³-hybridized carbons (Fsp3) is 0.615. The average molecular weight is 268 g/mol. The molecule has 19 heavy (non-hydrogen) atoms. The van der Waals surface area contributed by atoms with E-state index < -0.39 is 0 Å². The second-order valence-corrected chi connectivity index (χ2v) is 4.76. The molecule has 1 heterocycles. The first-order valence-corrected chi connectivity index (χ1v) is 6.52. The Hall–Kier alpha value is -1.37. The Kier molecular flexibility index (Phi) is 6.55. The van der Waals surface area contributed by atoms with Crippen LogP contribution in [0.15, 0.2) is 16.7 Å². The Balaban J connectivity index is 2.56. The smallest absolute Gasteiger partial charge is 0.268 e. The van der Waals surface area contributed by atoms with Crippen LogP contribution in [-0.4, -0.2) is 49.4 Å². The van der Waals surface area contributed by atoms with Gasteiger partial charge in [0.05, 0.1) is 18.4 Å². The number of hydrogen-bond donors (Lipinski definition) is 2. The molecule has 1 aromatic heterocycles. The first-order valence-electron chi connectivity index (χ1n) is 6.52. The lowest BCUT2D eigenvalue weighted by Gasteiger charge is -2.20. The summed E-state index contributed by atoms with van der Waals surface area (Å²) in [4.78, 5) is 16.0. The Labute approximate surface area is 114 Å². The summed E-state index contributed by atoms with van der Waals surface area (Å²) in [7, 11) is 4.12. The topological polar surface area (TPSA) is 74.7 Å². The van der Waals surface area contributed by atoms with E-state index in [2.05, 4.69) is 36.2 Å². The molecule has 3 N–H and O–H groups in total. The fourth-order valence-corrected chi connectivity index (χ4v) is 1.91. The molecule has 0 aliphatic heterocycles. The van der Waals surface area contributed by atoms with Crippen molar-refractivity contribution < 1.29 is 9.21 Å². The maximum atomic E-state index is 11.5. The van der Waals surface area contributed by atoms with Gasteiger partial charge in [0.1, 0.15) is 5.76 Å². The number of nitrogen functional groups attached to an aromatic ring is 1. The number of nitrogens with two attached hydrogens (primary N) is 1. The lowest BCUT2D eigenvalue weighted by Crippen LogP contribution is -2.32. The number of carbonyl (C=O) groups excluding carboxylic acids is 1. The molecule has 0 aliphatic rings. The van der Waals surface area contributed by atoms with Crippen molar-refractivity contribution in [1.29, 1.82) is 0 Å². The van der Waals surface area contributed by atoms with Crippen LogP contribution in [0.1, 0.15) is 29.5 Å². The average Bonchev–Trinajstić information content (AvgIpc) is 2.84. The van der Waals surface area contributed by atoms with E-state index in [9.17, 15) is 4.79 Å². The van der Waals surface area contributed by atoms with Crippen LogP contribution < -0.4 is 11.3 Å². The first kappa shape index (κ1) is 15.7. The van der Waals surface area contributed by atoms with E-state index in [-0.39, 0.29) is 5.91 Å². The van der Waals surface area contributed by atoms with Crippen molar-refractivity contribution in [3.8, 4) is 0 Å². The predicted octanol–water partition coefficient (Wildman–Crippen LogP) is 0.657. The summed E-state index contributed by atoms with van der Waals surface area (Å²) in [5.41, 5.74) is 2.64. The van der Waals surface area contributed by atoms with E-state index in [1.54, 1.807) is 6.07 Å². The van der Waals surface area contributed by atoms with Gasteiger partial charge >= 0.3 is 0 Å². The van der Waals surface area contributed by atoms with Gasteiger partial charge in [0.15, 0.2) is 0 Å². The molecular weight excluding hydrogens is 244 g/mol. The van der Waals surface area contributed by atoms with E-state index in [0.717, 1.165) is 26.1 Å². The molecule has 0 aliphatic carbocycles. The Bertz CT molecular complexity index is 390. The maximum absolute atomic E-state index is 11.5. The molecule has 6 heteroatoms. The second-order valence-electron chi connectivity index (χ2n) is 4.76. The molecule has 0 saturated carbocycles. The molecule has 0 aromatic carbocycles. The lowest BCUT2D eigenvalue weighted by atomic mass is 10.2. The molecule has 0 spiro atoms. The zero-order valence-corrected chi connectivity index (χ0v) is 12.0. The van der Waals surface area contributed by atoms with Crippen LogP contribution >= 0.6 is 0 Å². The number of furan rings is 1. The first-order chi connectivity index (χ1) is 9.08. The molecule has 1 aromatic rings. The zero-order valence-electron chi connectivity index (χ0n) is 12.0. The number of rotatable bonds is 8. The molecule has 1 amide bonds. The van der Waals surface area contributed by atoms with Gasteiger partial charge in [-0.2, -0.15) is 0 Å². The number of amides is 1. The monoisotopic (exact) mass is 268 g/mol. The second kappa shape index (κ2) is 7.93. The Morgan fingerprint density at radius 1 is 1.42 bits per heavy atom. The summed E-state index contributed by atoms with van der Waals surface area (Å²) in [6.45, 7) is 5.66. The Morgan fingerprint density at radius 2 is 2.16 bits per heavy atom. The van der Waals surface area contributed by atoms with Crippen molar-refractivity contribution in [2.24, 2.45) is 5.84 Å². The van der Waals surface area contributed by atoms with Crippen LogP contribution in [0.25, 0.3) is 0 Å². The van der Waals surface area contributed by atoms with Gasteiger partial charge in [-0.3, -0.25) is 15.1 Å². The van der Waals surface area contributed by atoms with Gasteiger partial charge < -0.3 is 9.32 Å². The molecule has 6 nitrogen and oxygen atoms in total. The van der Waals surface area contributed by atoms with E-state index in [4.69, 9.17) is 10.3 Å². The van der Waals surface area contributed by atoms with Crippen molar-refractivity contribution >= 4 is 5.91 Å². The highest BCUT2D eigenvalue weighted by Gasteiger charge is 2.15. The van der Waals surface area contributed by atoms with Gasteiger partial charge in [-0.05, 0) is 46.2 Å². The molecule has 0 saturated heterocycles. The van der Waals surface area contributed by atoms with Crippen molar-refractivity contribution in [3.63, 3.8) is 0 Å². The number of nitrogens with zero attached hydrogens (tertiary/aromatic N) is 2. The van der Waals surface area contributed by atoms with Crippen LogP contribution in [0.5, 0.6) is 0 Å². The van der Waals surface area contributed by atoms with Crippen molar-refractivity contribution in [1.82, 2.24) is 15.2 Å². The van der Waals surface area contributed by atoms with E-state index >= 15 is 0 Å². The van der Waals surface area contributed by atoms with E-state index in [1.807, 2.05) is 0 Å². The van der Waals surface area contributed by atoms with Gasteiger partial charge in [-0.1, -0.05) is 6.92 Å². The van der Waals surface area contributed by atoms with Gasteiger partial charge in [-0.15, -0.1) is 0 Å². The van der Waals surface area contributed by atoms with E-state index in [1.165, 1.54) is 6.26 Å². The van der Waals surface area contributed by atoms with Crippen molar-refractivity contribution in [2.45, 2.75) is 19.9 Å². The fourth-order valence-electron chi connectivity index (χ4n) is 1.91. The molecule has 0 bridgehead atoms. The van der Waals surface area contributed by atoms with Crippen LogP contribution in [0.4, 0.5) is 0 Å². The van der Waals surface area contributed by atoms with Crippen LogP contribution in [0.2, 0.25) is 0 Å². The standard InChI is InChI=1S/C13H24N4O2/c1-4-17(8-5-7-16(2)3)10-12-11(6-9-19-12)13(18)15-14/h6,9H,4-5,7-8,10,14H2,1-3H3,(H,15,18). The molecular formula is C13H24N4O2. The van der Waals surface area contributed by atoms with Gasteiger partial charge in [0.25, 0.3) is 5.91 Å². The molecule has 0 fully saturated rings. The summed E-state index contributed by atoms with van der Waals surface area (Å²) in [6, 6.07) is 1.64.